The van der Waals surface area contributed by atoms with Crippen LogP contribution in [0, 0.1) is 17.6 Å². The minimum atomic E-state index is -1.42. The monoisotopic (exact) mass is 362 g/mol. The Bertz CT molecular complexity index is 953. The molecule has 0 fully saturated rings. The Hall–Kier alpha value is -3.36. The van der Waals surface area contributed by atoms with Crippen LogP contribution in [0.3, 0.4) is 0 Å². The molecular weight excluding hydrogens is 349 g/mol. The third kappa shape index (κ3) is 3.51. The van der Waals surface area contributed by atoms with Crippen LogP contribution in [0.15, 0.2) is 36.7 Å². The van der Waals surface area contributed by atoms with Gasteiger partial charge in [0.05, 0.1) is 19.9 Å². The highest BCUT2D eigenvalue weighted by Crippen LogP contribution is 2.33. The zero-order chi connectivity index (χ0) is 18.7. The van der Waals surface area contributed by atoms with Crippen LogP contribution < -0.4 is 14.8 Å². The van der Waals surface area contributed by atoms with Crippen molar-refractivity contribution in [3.05, 3.63) is 54.2 Å². The first-order chi connectivity index (χ1) is 12.5. The van der Waals surface area contributed by atoms with Gasteiger partial charge in [-0.15, -0.1) is 0 Å². The Morgan fingerprint density at radius 1 is 0.923 bits per heavy atom. The first-order valence-electron chi connectivity index (χ1n) is 7.35. The van der Waals surface area contributed by atoms with Crippen molar-refractivity contribution >= 4 is 11.6 Å². The van der Waals surface area contributed by atoms with E-state index in [2.05, 4.69) is 20.3 Å². The lowest BCUT2D eigenvalue weighted by molar-refractivity contribution is 0.395. The summed E-state index contributed by atoms with van der Waals surface area (Å²) in [5.74, 6) is -3.08. The highest BCUT2D eigenvalue weighted by Gasteiger charge is 2.14. The topological polar surface area (TPSA) is 69.2 Å². The number of aromatic nitrogens is 3. The average Bonchev–Trinajstić information content (AvgIpc) is 2.65. The molecule has 0 aliphatic carbocycles. The summed E-state index contributed by atoms with van der Waals surface area (Å²) in [5.41, 5.74) is 1.10. The fraction of sp³-hybridized carbons (Fsp3) is 0.118. The maximum atomic E-state index is 13.7. The molecule has 0 bridgehead atoms. The third-order valence-electron chi connectivity index (χ3n) is 3.48. The molecule has 0 atom stereocenters. The zero-order valence-corrected chi connectivity index (χ0v) is 13.8. The third-order valence-corrected chi connectivity index (χ3v) is 3.48. The van der Waals surface area contributed by atoms with Crippen molar-refractivity contribution in [1.82, 2.24) is 15.0 Å². The van der Waals surface area contributed by atoms with E-state index < -0.39 is 23.4 Å². The molecule has 0 saturated heterocycles. The Kier molecular flexibility index (Phi) is 4.87. The van der Waals surface area contributed by atoms with Gasteiger partial charge < -0.3 is 14.8 Å². The van der Waals surface area contributed by atoms with E-state index in [0.717, 1.165) is 0 Å². The second-order valence-electron chi connectivity index (χ2n) is 5.07. The normalized spacial score (nSPS) is 10.5. The number of ether oxygens (including phenoxy) is 2. The number of pyridine rings is 1. The van der Waals surface area contributed by atoms with Crippen molar-refractivity contribution in [2.24, 2.45) is 0 Å². The Morgan fingerprint density at radius 2 is 1.73 bits per heavy atom. The van der Waals surface area contributed by atoms with Crippen LogP contribution in [0.2, 0.25) is 0 Å². The molecule has 0 aliphatic rings. The maximum Gasteiger partial charge on any atom is 0.251 e. The predicted molar refractivity (Wildman–Crippen MR) is 88.0 cm³/mol. The molecule has 1 N–H and O–H groups in total. The van der Waals surface area contributed by atoms with Crippen molar-refractivity contribution in [1.29, 1.82) is 0 Å². The van der Waals surface area contributed by atoms with Gasteiger partial charge in [-0.2, -0.15) is 9.37 Å². The molecule has 0 radical (unpaired) electrons. The fourth-order valence-electron chi connectivity index (χ4n) is 2.24. The summed E-state index contributed by atoms with van der Waals surface area (Å²) in [7, 11) is 3.03. The van der Waals surface area contributed by atoms with Crippen LogP contribution >= 0.6 is 0 Å². The molecule has 0 unspecified atom stereocenters. The lowest BCUT2D eigenvalue weighted by Gasteiger charge is -2.11. The Labute approximate surface area is 146 Å². The molecular formula is C17H13F3N4O2. The lowest BCUT2D eigenvalue weighted by Crippen LogP contribution is -2.03. The lowest BCUT2D eigenvalue weighted by atomic mass is 10.1. The van der Waals surface area contributed by atoms with Gasteiger partial charge in [0.1, 0.15) is 23.6 Å². The van der Waals surface area contributed by atoms with E-state index in [1.165, 1.54) is 26.6 Å². The molecule has 134 valence electrons. The zero-order valence-electron chi connectivity index (χ0n) is 13.8. The highest BCUT2D eigenvalue weighted by molar-refractivity contribution is 5.71. The molecule has 3 rings (SSSR count). The van der Waals surface area contributed by atoms with Gasteiger partial charge in [-0.3, -0.25) is 0 Å². The highest BCUT2D eigenvalue weighted by atomic mass is 19.2. The number of hydrogen-bond donors (Lipinski definition) is 1. The van der Waals surface area contributed by atoms with Gasteiger partial charge in [-0.05, 0) is 12.1 Å². The van der Waals surface area contributed by atoms with E-state index in [1.807, 2.05) is 0 Å². The number of halogens is 3. The minimum Gasteiger partial charge on any atom is -0.497 e. The molecule has 2 aromatic heterocycles. The first-order valence-corrected chi connectivity index (χ1v) is 7.35. The van der Waals surface area contributed by atoms with E-state index >= 15 is 0 Å². The largest absolute Gasteiger partial charge is 0.497 e. The van der Waals surface area contributed by atoms with Crippen LogP contribution in [0.25, 0.3) is 11.3 Å². The standard InChI is InChI=1S/C17H13F3N4O2/c1-25-9-3-4-10(14(5-9)26-2)13-7-15(22-8-21-13)23-17-12(19)6-11(18)16(20)24-17/h3-8H,1-2H3,(H,21,22,23,24). The smallest absolute Gasteiger partial charge is 0.251 e. The predicted octanol–water partition coefficient (Wildman–Crippen LogP) is 3.72. The summed E-state index contributed by atoms with van der Waals surface area (Å²) < 4.78 is 50.4. The quantitative estimate of drug-likeness (QED) is 0.698. The maximum absolute atomic E-state index is 13.7. The summed E-state index contributed by atoms with van der Waals surface area (Å²) in [6, 6.07) is 7.04. The van der Waals surface area contributed by atoms with E-state index in [4.69, 9.17) is 9.47 Å². The van der Waals surface area contributed by atoms with Crippen LogP contribution in [0.1, 0.15) is 0 Å². The SMILES string of the molecule is COc1ccc(-c2cc(Nc3nc(F)c(F)cc3F)ncn2)c(OC)c1. The minimum absolute atomic E-state index is 0.144. The summed E-state index contributed by atoms with van der Waals surface area (Å²) in [5, 5.41) is 2.50. The van der Waals surface area contributed by atoms with Gasteiger partial charge in [0.25, 0.3) is 5.95 Å². The molecule has 9 heteroatoms. The summed E-state index contributed by atoms with van der Waals surface area (Å²) in [4.78, 5) is 11.3. The van der Waals surface area contributed by atoms with Crippen molar-refractivity contribution in [3.63, 3.8) is 0 Å². The number of rotatable bonds is 5. The van der Waals surface area contributed by atoms with E-state index in [1.54, 1.807) is 18.2 Å². The molecule has 26 heavy (non-hydrogen) atoms. The van der Waals surface area contributed by atoms with E-state index in [-0.39, 0.29) is 5.82 Å². The Balaban J connectivity index is 1.96. The summed E-state index contributed by atoms with van der Waals surface area (Å²) in [6.45, 7) is 0. The van der Waals surface area contributed by atoms with Crippen LogP contribution in [-0.4, -0.2) is 29.2 Å². The van der Waals surface area contributed by atoms with E-state index in [0.29, 0.717) is 28.8 Å². The summed E-state index contributed by atoms with van der Waals surface area (Å²) >= 11 is 0. The second-order valence-corrected chi connectivity index (χ2v) is 5.07. The van der Waals surface area contributed by atoms with Crippen molar-refractivity contribution in [2.45, 2.75) is 0 Å². The number of methoxy groups -OCH3 is 2. The van der Waals surface area contributed by atoms with Crippen LogP contribution in [-0.2, 0) is 0 Å². The number of hydrogen-bond acceptors (Lipinski definition) is 6. The Morgan fingerprint density at radius 3 is 2.46 bits per heavy atom. The molecule has 6 nitrogen and oxygen atoms in total. The molecule has 2 heterocycles. The molecule has 3 aromatic rings. The molecule has 0 saturated carbocycles. The van der Waals surface area contributed by atoms with Crippen molar-refractivity contribution < 1.29 is 22.6 Å². The van der Waals surface area contributed by atoms with Gasteiger partial charge in [-0.1, -0.05) is 0 Å². The van der Waals surface area contributed by atoms with Gasteiger partial charge in [0.2, 0.25) is 0 Å². The number of benzene rings is 1. The molecule has 0 aliphatic heterocycles. The summed E-state index contributed by atoms with van der Waals surface area (Å²) in [6.07, 6.45) is 1.24. The number of nitrogens with one attached hydrogen (secondary N) is 1. The second kappa shape index (κ2) is 7.26. The van der Waals surface area contributed by atoms with Gasteiger partial charge in [0.15, 0.2) is 17.5 Å². The number of nitrogens with zero attached hydrogens (tertiary/aromatic N) is 3. The molecule has 0 spiro atoms. The van der Waals surface area contributed by atoms with Gasteiger partial charge >= 0.3 is 0 Å². The molecule has 0 amide bonds. The van der Waals surface area contributed by atoms with Crippen LogP contribution in [0.5, 0.6) is 11.5 Å². The number of anilines is 2. The van der Waals surface area contributed by atoms with Crippen molar-refractivity contribution in [2.75, 3.05) is 19.5 Å². The van der Waals surface area contributed by atoms with E-state index in [9.17, 15) is 13.2 Å². The average molecular weight is 362 g/mol. The molecule has 1 aromatic carbocycles. The fourth-order valence-corrected chi connectivity index (χ4v) is 2.24. The van der Waals surface area contributed by atoms with Crippen LogP contribution in [0.4, 0.5) is 24.8 Å². The van der Waals surface area contributed by atoms with Crippen molar-refractivity contribution in [3.8, 4) is 22.8 Å². The van der Waals surface area contributed by atoms with Gasteiger partial charge in [0, 0.05) is 23.8 Å². The first kappa shape index (κ1) is 17.5. The van der Waals surface area contributed by atoms with Gasteiger partial charge in [-0.25, -0.2) is 18.7 Å².